The van der Waals surface area contributed by atoms with Gasteiger partial charge in [-0.3, -0.25) is 0 Å². The van der Waals surface area contributed by atoms with Crippen molar-refractivity contribution in [1.82, 2.24) is 0 Å². The molecule has 0 heterocycles. The quantitative estimate of drug-likeness (QED) is 0.0983. The molecule has 0 unspecified atom stereocenters. The number of hydrogen-bond acceptors (Lipinski definition) is 12. The maximum Gasteiger partial charge on any atom is 0.116 e. The van der Waals surface area contributed by atoms with Gasteiger partial charge in [0.1, 0.15) is 36.7 Å². The van der Waals surface area contributed by atoms with Crippen LogP contribution in [-0.4, -0.2) is 0 Å². The summed E-state index contributed by atoms with van der Waals surface area (Å²) in [4.78, 5) is 68.6. The Morgan fingerprint density at radius 2 is 0.766 bits per heavy atom. The molecule has 0 saturated heterocycles. The van der Waals surface area contributed by atoms with E-state index in [0.717, 1.165) is 27.8 Å². The summed E-state index contributed by atoms with van der Waals surface area (Å²) in [5.74, 6) is 0. The van der Waals surface area contributed by atoms with Crippen LogP contribution in [0.1, 0.15) is 82.0 Å². The van der Waals surface area contributed by atoms with E-state index >= 15 is 0 Å². The van der Waals surface area contributed by atoms with Crippen molar-refractivity contribution in [3.63, 3.8) is 0 Å². The lowest BCUT2D eigenvalue weighted by molar-refractivity contribution is 0.635. The highest BCUT2D eigenvalue weighted by Crippen LogP contribution is 2.45. The molecule has 0 atom stereocenters. The van der Waals surface area contributed by atoms with Crippen molar-refractivity contribution in [1.29, 1.82) is 0 Å². The van der Waals surface area contributed by atoms with Gasteiger partial charge in [-0.25, -0.2) is 0 Å². The average Bonchev–Trinajstić information content (AvgIpc) is 3.04. The normalized spacial score (nSPS) is 11.5. The van der Waals surface area contributed by atoms with Gasteiger partial charge in [0.25, 0.3) is 0 Å². The maximum atomic E-state index is 11.7. The Morgan fingerprint density at radius 3 is 1.11 bits per heavy atom. The van der Waals surface area contributed by atoms with Gasteiger partial charge >= 0.3 is 0 Å². The van der Waals surface area contributed by atoms with E-state index < -0.39 is 10.8 Å². The lowest BCUT2D eigenvalue weighted by Crippen LogP contribution is -2.27. The molecule has 0 aliphatic heterocycles. The Balaban J connectivity index is 1.97. The lowest BCUT2D eigenvalue weighted by Gasteiger charge is -2.34. The Hall–Kier alpha value is -5.52. The summed E-state index contributed by atoms with van der Waals surface area (Å²) in [6.45, 7) is 10.6. The molecule has 0 fully saturated rings. The van der Waals surface area contributed by atoms with Gasteiger partial charge in [0, 0.05) is 27.5 Å². The Labute approximate surface area is 271 Å². The molecule has 240 valence electrons. The summed E-state index contributed by atoms with van der Waals surface area (Å²) in [5.41, 5.74) is 6.03. The molecule has 4 aromatic rings. The first-order valence-corrected chi connectivity index (χ1v) is 14.8. The molecular formula is C35H34N6O6. The third kappa shape index (κ3) is 6.31. The molecule has 4 aromatic carbocycles. The van der Waals surface area contributed by atoms with Crippen molar-refractivity contribution in [2.24, 2.45) is 31.1 Å². The fraction of sp³-hybridized carbons (Fsp3) is 0.314. The Morgan fingerprint density at radius 1 is 0.447 bits per heavy atom. The molecule has 0 bridgehead atoms. The Kier molecular flexibility index (Phi) is 10.1. The molecule has 0 aliphatic carbocycles. The number of benzene rings is 4. The fourth-order valence-corrected chi connectivity index (χ4v) is 6.34. The summed E-state index contributed by atoms with van der Waals surface area (Å²) in [5, 5.41) is 18.4. The number of aryl methyl sites for hydroxylation is 3. The molecule has 4 rings (SSSR count). The molecule has 0 radical (unpaired) electrons. The van der Waals surface area contributed by atoms with Gasteiger partial charge in [-0.2, -0.15) is 14.7 Å². The molecule has 0 N–H and O–H groups in total. The second-order valence-corrected chi connectivity index (χ2v) is 12.4. The first-order valence-electron chi connectivity index (χ1n) is 14.8. The van der Waals surface area contributed by atoms with Crippen LogP contribution in [0.15, 0.2) is 91.7 Å². The summed E-state index contributed by atoms with van der Waals surface area (Å²) >= 11 is 0. The van der Waals surface area contributed by atoms with Crippen LogP contribution < -0.4 is 0 Å². The van der Waals surface area contributed by atoms with Crippen LogP contribution in [0.5, 0.6) is 0 Å². The summed E-state index contributed by atoms with van der Waals surface area (Å²) in [7, 11) is 0. The van der Waals surface area contributed by atoms with Crippen molar-refractivity contribution < 1.29 is 0 Å². The zero-order valence-corrected chi connectivity index (χ0v) is 27.0. The zero-order chi connectivity index (χ0) is 34.5. The van der Waals surface area contributed by atoms with Crippen LogP contribution in [0.2, 0.25) is 0 Å². The van der Waals surface area contributed by atoms with Crippen molar-refractivity contribution in [2.45, 2.75) is 72.0 Å². The first-order chi connectivity index (χ1) is 22.4. The standard InChI is InChI=1S/C35H34N6O6/c1-20-11-28(14-23(17-36-42)31(20)39-45)34(4,5)26-7-9-27(10-8-26)35(6,29-12-21(2)32(40-46)24(15-29)18-37-43)30-13-22(3)33(41-47)25(16-30)19-38-44/h7-16H,17-19H2,1-6H3. The molecule has 0 amide bonds. The lowest BCUT2D eigenvalue weighted by atomic mass is 9.68. The molecule has 12 heteroatoms. The first kappa shape index (κ1) is 34.4. The van der Waals surface area contributed by atoms with Crippen molar-refractivity contribution >= 4 is 17.1 Å². The highest BCUT2D eigenvalue weighted by atomic mass is 16.3. The van der Waals surface area contributed by atoms with Crippen molar-refractivity contribution in [3.8, 4) is 0 Å². The van der Waals surface area contributed by atoms with Crippen molar-refractivity contribution in [3.05, 3.63) is 151 Å². The largest absolute Gasteiger partial charge is 0.150 e. The predicted octanol–water partition coefficient (Wildman–Crippen LogP) is 10.3. The number of rotatable bonds is 14. The fourth-order valence-electron chi connectivity index (χ4n) is 6.34. The van der Waals surface area contributed by atoms with E-state index in [9.17, 15) is 29.4 Å². The maximum absolute atomic E-state index is 11.7. The average molecular weight is 635 g/mol. The number of hydrogen-bond donors (Lipinski definition) is 0. The smallest absolute Gasteiger partial charge is 0.116 e. The second-order valence-electron chi connectivity index (χ2n) is 12.4. The van der Waals surface area contributed by atoms with E-state index in [1.54, 1.807) is 39.0 Å². The van der Waals surface area contributed by atoms with Crippen molar-refractivity contribution in [2.75, 3.05) is 0 Å². The highest BCUT2D eigenvalue weighted by Gasteiger charge is 2.35. The van der Waals surface area contributed by atoms with Crippen LogP contribution in [0, 0.1) is 50.2 Å². The van der Waals surface area contributed by atoms with Gasteiger partial charge in [0.15, 0.2) is 0 Å². The molecule has 12 nitrogen and oxygen atoms in total. The number of nitroso groups, excluding NO2 is 6. The predicted molar refractivity (Wildman–Crippen MR) is 183 cm³/mol. The monoisotopic (exact) mass is 634 g/mol. The topological polar surface area (TPSA) is 177 Å². The van der Waals surface area contributed by atoms with E-state index in [1.165, 1.54) is 0 Å². The molecule has 0 spiro atoms. The van der Waals surface area contributed by atoms with E-state index in [0.29, 0.717) is 33.4 Å². The second kappa shape index (κ2) is 13.9. The van der Waals surface area contributed by atoms with Gasteiger partial charge in [-0.1, -0.05) is 90.0 Å². The van der Waals surface area contributed by atoms with Gasteiger partial charge < -0.3 is 0 Å². The summed E-state index contributed by atoms with van der Waals surface area (Å²) < 4.78 is 0. The van der Waals surface area contributed by atoms with E-state index in [4.69, 9.17) is 0 Å². The SMILES string of the molecule is Cc1cc(C(C)(C)c2ccc(C(C)(c3cc(C)c(N=O)c(CN=O)c3)c3cc(C)c(N=O)c(CN=O)c3)cc2)cc(CN=O)c1N=O. The minimum absolute atomic E-state index is 0.144. The van der Waals surface area contributed by atoms with Gasteiger partial charge in [-0.05, 0) is 87.7 Å². The van der Waals surface area contributed by atoms with Gasteiger partial charge in [-0.15, -0.1) is 14.7 Å². The van der Waals surface area contributed by atoms with E-state index in [-0.39, 0.29) is 36.7 Å². The highest BCUT2D eigenvalue weighted by molar-refractivity contribution is 5.63. The molecule has 0 saturated carbocycles. The molecule has 0 aliphatic rings. The number of nitrogens with zero attached hydrogens (tertiary/aromatic N) is 6. The van der Waals surface area contributed by atoms with Crippen LogP contribution in [0.4, 0.5) is 17.1 Å². The minimum atomic E-state index is -0.938. The van der Waals surface area contributed by atoms with E-state index in [2.05, 4.69) is 31.1 Å². The van der Waals surface area contributed by atoms with Gasteiger partial charge in [0.05, 0.1) is 0 Å². The van der Waals surface area contributed by atoms with Crippen LogP contribution in [-0.2, 0) is 30.5 Å². The zero-order valence-electron chi connectivity index (χ0n) is 27.0. The summed E-state index contributed by atoms with van der Waals surface area (Å²) in [6, 6.07) is 18.7. The minimum Gasteiger partial charge on any atom is -0.150 e. The molecule has 47 heavy (non-hydrogen) atoms. The van der Waals surface area contributed by atoms with Gasteiger partial charge in [0.2, 0.25) is 0 Å². The third-order valence-electron chi connectivity index (χ3n) is 9.18. The molecule has 0 aromatic heterocycles. The van der Waals surface area contributed by atoms with Crippen LogP contribution >= 0.6 is 0 Å². The summed E-state index contributed by atoms with van der Waals surface area (Å²) in [6.07, 6.45) is 0. The van der Waals surface area contributed by atoms with Crippen LogP contribution in [0.25, 0.3) is 0 Å². The Bertz CT molecular complexity index is 1830. The molecular weight excluding hydrogens is 600 g/mol. The van der Waals surface area contributed by atoms with Crippen LogP contribution in [0.3, 0.4) is 0 Å². The van der Waals surface area contributed by atoms with E-state index in [1.807, 2.05) is 63.2 Å². The third-order valence-corrected chi connectivity index (χ3v) is 9.18.